The number of halogens is 3. The molecule has 10 rings (SSSR count). The van der Waals surface area contributed by atoms with E-state index in [9.17, 15) is 5.11 Å². The summed E-state index contributed by atoms with van der Waals surface area (Å²) < 4.78 is 49.3. The van der Waals surface area contributed by atoms with E-state index in [0.29, 0.717) is 73.7 Å². The van der Waals surface area contributed by atoms with Crippen LogP contribution >= 0.6 is 34.8 Å². The highest BCUT2D eigenvalue weighted by Crippen LogP contribution is 2.16. The van der Waals surface area contributed by atoms with Gasteiger partial charge in [0.15, 0.2) is 0 Å². The summed E-state index contributed by atoms with van der Waals surface area (Å²) in [4.78, 5) is 0. The van der Waals surface area contributed by atoms with Crippen LogP contribution in [-0.2, 0) is 33.2 Å². The van der Waals surface area contributed by atoms with Crippen molar-refractivity contribution in [1.29, 1.82) is 0 Å². The zero-order valence-corrected chi connectivity index (χ0v) is 74.5. The summed E-state index contributed by atoms with van der Waals surface area (Å²) in [6.07, 6.45) is 4.10. The number of hydrogen-bond donors (Lipinski definition) is 8. The van der Waals surface area contributed by atoms with Crippen molar-refractivity contribution in [3.63, 3.8) is 0 Å². The lowest BCUT2D eigenvalue weighted by Gasteiger charge is -2.10. The van der Waals surface area contributed by atoms with E-state index in [-0.39, 0.29) is 68.1 Å². The largest absolute Gasteiger partial charge is 0.508 e. The number of benzene rings is 7. The lowest BCUT2D eigenvalue weighted by atomic mass is 10.2. The minimum atomic E-state index is -0.718. The summed E-state index contributed by atoms with van der Waals surface area (Å²) >= 11 is 15.8. The van der Waals surface area contributed by atoms with Gasteiger partial charge >= 0.3 is 0 Å². The molecule has 7 atom stereocenters. The second kappa shape index (κ2) is 126. The number of aliphatic hydroxyl groups is 5. The number of phenolic OH excluding ortho intramolecular Hbond substituents is 3. The molecule has 115 heavy (non-hydrogen) atoms. The molecule has 676 valence electrons. The number of methoxy groups -OCH3 is 4. The van der Waals surface area contributed by atoms with Crippen LogP contribution in [0.15, 0.2) is 212 Å². The SMILES string of the molecule is C.C.C.C.CC.CC.CC.CC.CC.CCC.CCC.CCC.CCC.COC(CO)CCl.COCC(O)CCl.COCC(O)CO.COCC(O)COc1ccccc1.Cc1ccccc1.ClCC1CO1.Oc1ccccc1.Oc1ccccc1.Oc1ccccc1.c1ccc(OCC2CO2)cc1.c1ccc(OCC2CO2)cc1. The van der Waals surface area contributed by atoms with Gasteiger partial charge in [0.2, 0.25) is 0 Å². The van der Waals surface area contributed by atoms with Crippen LogP contribution in [0.25, 0.3) is 0 Å². The highest BCUT2D eigenvalue weighted by atomic mass is 35.5. The number of aliphatic hydroxyl groups excluding tert-OH is 5. The minimum Gasteiger partial charge on any atom is -0.508 e. The summed E-state index contributed by atoms with van der Waals surface area (Å²) in [5, 5.41) is 68.7. The first-order chi connectivity index (χ1) is 53.9. The fourth-order valence-electron chi connectivity index (χ4n) is 5.33. The molecule has 0 amide bonds. The number of epoxide rings is 3. The normalized spacial score (nSPS) is 12.5. The smallest absolute Gasteiger partial charge is 0.119 e. The number of hydrogen-bond acceptors (Lipinski definition) is 18. The maximum absolute atomic E-state index is 9.26. The first-order valence-electron chi connectivity index (χ1n) is 38.9. The average Bonchev–Trinajstić information content (AvgIpc) is 1.75. The second-order valence-electron chi connectivity index (χ2n) is 21.2. The molecule has 0 spiro atoms. The van der Waals surface area contributed by atoms with Crippen LogP contribution in [0.5, 0.6) is 34.5 Å². The molecule has 3 saturated heterocycles. The summed E-state index contributed by atoms with van der Waals surface area (Å²) in [5.41, 5.74) is 1.32. The third-order valence-corrected chi connectivity index (χ3v) is 11.4. The molecule has 3 heterocycles. The van der Waals surface area contributed by atoms with E-state index < -0.39 is 18.3 Å². The molecule has 0 aliphatic carbocycles. The third kappa shape index (κ3) is 134. The number of rotatable bonds is 21. The van der Waals surface area contributed by atoms with E-state index in [1.165, 1.54) is 52.6 Å². The first kappa shape index (κ1) is 141. The Kier molecular flexibility index (Phi) is 154. The Morgan fingerprint density at radius 2 is 0.574 bits per heavy atom. The van der Waals surface area contributed by atoms with Gasteiger partial charge in [-0.1, -0.05) is 325 Å². The molecule has 21 heteroatoms. The summed E-state index contributed by atoms with van der Waals surface area (Å²) in [6, 6.07) is 65.4. The van der Waals surface area contributed by atoms with Crippen LogP contribution in [0.1, 0.15) is 186 Å². The van der Waals surface area contributed by atoms with E-state index in [1.807, 2.05) is 197 Å². The predicted molar refractivity (Wildman–Crippen MR) is 499 cm³/mol. The third-order valence-electron chi connectivity index (χ3n) is 10.3. The Bertz CT molecular complexity index is 2350. The van der Waals surface area contributed by atoms with Gasteiger partial charge in [-0.05, 0) is 79.7 Å². The fraction of sp³-hybridized carbons (Fsp3) is 0.553. The maximum atomic E-state index is 9.26. The monoisotopic (exact) mass is 1690 g/mol. The van der Waals surface area contributed by atoms with Gasteiger partial charge in [0.05, 0.1) is 88.8 Å². The second-order valence-corrected chi connectivity index (χ2v) is 22.2. The molecule has 8 N–H and O–H groups in total. The van der Waals surface area contributed by atoms with Gasteiger partial charge in [0.25, 0.3) is 0 Å². The van der Waals surface area contributed by atoms with Crippen molar-refractivity contribution >= 4 is 34.8 Å². The predicted octanol–water partition coefficient (Wildman–Crippen LogP) is 23.6. The quantitative estimate of drug-likeness (QED) is 0.0246. The average molecular weight is 1700 g/mol. The lowest BCUT2D eigenvalue weighted by molar-refractivity contribution is 0.0254. The van der Waals surface area contributed by atoms with Crippen molar-refractivity contribution in [2.75, 3.05) is 119 Å². The number of phenols is 3. The minimum absolute atomic E-state index is 0. The van der Waals surface area contributed by atoms with Crippen molar-refractivity contribution in [3.05, 3.63) is 218 Å². The molecule has 0 radical (unpaired) electrons. The van der Waals surface area contributed by atoms with E-state index in [4.69, 9.17) is 104 Å². The maximum Gasteiger partial charge on any atom is 0.119 e. The molecule has 0 bridgehead atoms. The number of aryl methyl sites for hydroxylation is 1. The molecular formula is C94H171Cl3O18. The summed E-state index contributed by atoms with van der Waals surface area (Å²) in [6.45, 7) is 43.9. The Balaban J connectivity index is -0.0000000796. The fourth-order valence-corrected chi connectivity index (χ4v) is 5.82. The van der Waals surface area contributed by atoms with Gasteiger partial charge in [-0.2, -0.15) is 0 Å². The van der Waals surface area contributed by atoms with Crippen molar-refractivity contribution in [1.82, 2.24) is 0 Å². The summed E-state index contributed by atoms with van der Waals surface area (Å²) in [7, 11) is 6.06. The molecule has 0 saturated carbocycles. The Morgan fingerprint density at radius 3 is 0.713 bits per heavy atom. The number of ether oxygens (including phenoxy) is 10. The van der Waals surface area contributed by atoms with E-state index in [1.54, 1.807) is 79.9 Å². The van der Waals surface area contributed by atoms with Crippen molar-refractivity contribution < 1.29 is 88.2 Å². The van der Waals surface area contributed by atoms with Gasteiger partial charge < -0.3 is 88.2 Å². The summed E-state index contributed by atoms with van der Waals surface area (Å²) in [5.74, 6) is 4.83. The zero-order chi connectivity index (χ0) is 86.6. The van der Waals surface area contributed by atoms with Crippen molar-refractivity contribution in [2.45, 2.75) is 230 Å². The van der Waals surface area contributed by atoms with Crippen LogP contribution < -0.4 is 14.2 Å². The van der Waals surface area contributed by atoms with E-state index in [0.717, 1.165) is 37.1 Å². The van der Waals surface area contributed by atoms with Crippen LogP contribution in [0.3, 0.4) is 0 Å². The highest BCUT2D eigenvalue weighted by molar-refractivity contribution is 6.18. The topological polar surface area (TPSA) is 264 Å². The number of aromatic hydroxyl groups is 3. The first-order valence-corrected chi connectivity index (χ1v) is 40.5. The van der Waals surface area contributed by atoms with Crippen LogP contribution in [0.4, 0.5) is 0 Å². The molecule has 18 nitrogen and oxygen atoms in total. The van der Waals surface area contributed by atoms with Crippen LogP contribution in [-0.4, -0.2) is 202 Å². The molecule has 7 unspecified atom stereocenters. The van der Waals surface area contributed by atoms with Crippen molar-refractivity contribution in [2.24, 2.45) is 0 Å². The molecule has 7 aromatic carbocycles. The molecule has 0 aromatic heterocycles. The number of para-hydroxylation sites is 6. The molecular weight excluding hydrogens is 1520 g/mol. The van der Waals surface area contributed by atoms with Crippen LogP contribution in [0.2, 0.25) is 0 Å². The van der Waals surface area contributed by atoms with E-state index >= 15 is 0 Å². The van der Waals surface area contributed by atoms with Gasteiger partial charge in [0.1, 0.15) is 78.7 Å². The van der Waals surface area contributed by atoms with Crippen molar-refractivity contribution in [3.8, 4) is 34.5 Å². The van der Waals surface area contributed by atoms with E-state index in [2.05, 4.69) is 88.7 Å². The Hall–Kier alpha value is -6.27. The number of alkyl halides is 3. The van der Waals surface area contributed by atoms with Gasteiger partial charge in [-0.25, -0.2) is 0 Å². The molecule has 3 fully saturated rings. The van der Waals surface area contributed by atoms with Gasteiger partial charge in [0, 0.05) is 28.4 Å². The molecule has 7 aromatic rings. The Labute approximate surface area is 719 Å². The standard InChI is InChI=1S/C10H14O3.2C9H10O2.C7H8.3C6H6O.2C4H9ClO2.C4H10O3.C3H5ClO.4C3H8.5C2H6.4CH4/c1-12-7-9(11)8-13-10-5-3-2-4-6-10;2*1-2-4-8(5-3-1)10-6-9-7-11-9;1-7-5-3-2-4-6-7;3*7-6-4-2-1-3-5-6;1-7-3-4(6)2-5;1-7-4(2-5)3-6;1-7-3-4(6)2-5;4-1-3-2-5-3;4*1-3-2;5*1-2;;;;/h2-6,9,11H,7-8H2,1H3;2*1-5,9H,6-7H2;2-6H,1H3;3*1-5,7H;2*4,6H,2-3H2,1H3;4-6H,2-3H2,1H3;3H,1-2H2;4*3H2,1-2H3;5*1-2H3;4*1H4. The molecule has 3 aliphatic heterocycles. The van der Waals surface area contributed by atoms with Gasteiger partial charge in [-0.15, -0.1) is 34.8 Å². The lowest BCUT2D eigenvalue weighted by Crippen LogP contribution is -2.22. The Morgan fingerprint density at radius 1 is 0.339 bits per heavy atom. The highest BCUT2D eigenvalue weighted by Gasteiger charge is 2.23. The zero-order valence-electron chi connectivity index (χ0n) is 72.3. The molecule has 3 aliphatic rings. The van der Waals surface area contributed by atoms with Gasteiger partial charge in [-0.3, -0.25) is 0 Å². The van der Waals surface area contributed by atoms with Crippen LogP contribution in [0, 0.1) is 6.92 Å².